The highest BCUT2D eigenvalue weighted by molar-refractivity contribution is 5.97. The van der Waals surface area contributed by atoms with Crippen LogP contribution in [0.15, 0.2) is 36.5 Å². The number of methoxy groups -OCH3 is 1. The number of rotatable bonds is 11. The Morgan fingerprint density at radius 1 is 1.21 bits per heavy atom. The van der Waals surface area contributed by atoms with Crippen LogP contribution < -0.4 is 19.7 Å². The highest BCUT2D eigenvalue weighted by atomic mass is 19.1. The van der Waals surface area contributed by atoms with Crippen LogP contribution >= 0.6 is 0 Å². The molecule has 39 heavy (non-hydrogen) atoms. The number of halogens is 1. The summed E-state index contributed by atoms with van der Waals surface area (Å²) >= 11 is 0. The van der Waals surface area contributed by atoms with Crippen LogP contribution in [-0.2, 0) is 16.1 Å². The Hall–Kier alpha value is -4.03. The molecular weight excluding hydrogens is 509 g/mol. The molecule has 2 amide bonds. The Kier molecular flexibility index (Phi) is 8.03. The van der Waals surface area contributed by atoms with Crippen molar-refractivity contribution in [1.29, 1.82) is 0 Å². The number of ether oxygens (including phenoxy) is 3. The molecule has 5 rings (SSSR count). The largest absolute Gasteiger partial charge is 0.482 e. The van der Waals surface area contributed by atoms with Gasteiger partial charge in [-0.2, -0.15) is 0 Å². The van der Waals surface area contributed by atoms with Gasteiger partial charge in [0.25, 0.3) is 5.91 Å². The fourth-order valence-electron chi connectivity index (χ4n) is 4.89. The van der Waals surface area contributed by atoms with Gasteiger partial charge in [0, 0.05) is 37.0 Å². The van der Waals surface area contributed by atoms with Crippen LogP contribution in [0.5, 0.6) is 11.6 Å². The Bertz CT molecular complexity index is 1370. The molecule has 1 saturated heterocycles. The molecule has 2 aliphatic rings. The topological polar surface area (TPSA) is 126 Å². The van der Waals surface area contributed by atoms with Crippen molar-refractivity contribution in [2.24, 2.45) is 0 Å². The van der Waals surface area contributed by atoms with Crippen LogP contribution in [0.25, 0.3) is 11.0 Å². The monoisotopic (exact) mass is 539 g/mol. The average molecular weight is 540 g/mol. The minimum Gasteiger partial charge on any atom is -0.482 e. The minimum absolute atomic E-state index is 0.0134. The fraction of sp³-hybridized carbons (Fsp3) is 0.407. The molecule has 11 nitrogen and oxygen atoms in total. The van der Waals surface area contributed by atoms with Gasteiger partial charge in [0.2, 0.25) is 5.88 Å². The highest BCUT2D eigenvalue weighted by Crippen LogP contribution is 2.35. The van der Waals surface area contributed by atoms with E-state index in [-0.39, 0.29) is 38.3 Å². The van der Waals surface area contributed by atoms with Crippen molar-refractivity contribution in [2.75, 3.05) is 50.2 Å². The molecule has 206 valence electrons. The van der Waals surface area contributed by atoms with Gasteiger partial charge in [0.15, 0.2) is 6.61 Å². The lowest BCUT2D eigenvalue weighted by molar-refractivity contribution is -0.118. The number of aliphatic hydroxyl groups excluding tert-OH is 1. The number of fused-ring (bicyclic) bond motifs is 2. The molecule has 2 aromatic heterocycles. The number of pyridine rings is 2. The van der Waals surface area contributed by atoms with Gasteiger partial charge in [-0.25, -0.2) is 14.2 Å². The van der Waals surface area contributed by atoms with Crippen LogP contribution in [0, 0.1) is 5.82 Å². The van der Waals surface area contributed by atoms with Crippen LogP contribution in [0.3, 0.4) is 0 Å². The second-order valence-corrected chi connectivity index (χ2v) is 9.42. The Morgan fingerprint density at radius 3 is 2.87 bits per heavy atom. The molecule has 2 aliphatic heterocycles. The molecule has 0 unspecified atom stereocenters. The molecule has 3 aromatic rings. The first-order valence-electron chi connectivity index (χ1n) is 12.8. The zero-order valence-corrected chi connectivity index (χ0v) is 21.6. The first-order chi connectivity index (χ1) is 19.0. The van der Waals surface area contributed by atoms with Crippen LogP contribution in [0.1, 0.15) is 24.8 Å². The normalized spacial score (nSPS) is 16.7. The molecule has 4 heterocycles. The van der Waals surface area contributed by atoms with Gasteiger partial charge in [-0.3, -0.25) is 19.6 Å². The first-order valence-corrected chi connectivity index (χ1v) is 12.8. The number of nitrogens with zero attached hydrogens (tertiary/aromatic N) is 4. The minimum atomic E-state index is -0.457. The fourth-order valence-corrected chi connectivity index (χ4v) is 4.89. The summed E-state index contributed by atoms with van der Waals surface area (Å²) in [4.78, 5) is 36.5. The Balaban J connectivity index is 1.28. The van der Waals surface area contributed by atoms with Gasteiger partial charge in [0.1, 0.15) is 23.7 Å². The van der Waals surface area contributed by atoms with E-state index < -0.39 is 11.9 Å². The highest BCUT2D eigenvalue weighted by Gasteiger charge is 2.34. The SMILES string of the molecule is COc1ccc2ncc(F)c(CN(CCCO)CCC[C@H]3COC(=O)N3c3ccc4c(c3)NC(=O)CO4)c2n1. The van der Waals surface area contributed by atoms with Crippen molar-refractivity contribution in [3.05, 3.63) is 47.9 Å². The number of carbonyl (C=O) groups excluding carboxylic acids is 2. The van der Waals surface area contributed by atoms with E-state index >= 15 is 0 Å². The van der Waals surface area contributed by atoms with Crippen molar-refractivity contribution in [3.63, 3.8) is 0 Å². The summed E-state index contributed by atoms with van der Waals surface area (Å²) in [6.45, 7) is 1.63. The van der Waals surface area contributed by atoms with Gasteiger partial charge in [-0.1, -0.05) is 0 Å². The number of anilines is 2. The summed E-state index contributed by atoms with van der Waals surface area (Å²) in [5.74, 6) is 0.208. The summed E-state index contributed by atoms with van der Waals surface area (Å²) in [7, 11) is 1.50. The molecule has 1 aromatic carbocycles. The molecule has 1 atom stereocenters. The van der Waals surface area contributed by atoms with E-state index in [9.17, 15) is 19.1 Å². The zero-order chi connectivity index (χ0) is 27.4. The van der Waals surface area contributed by atoms with Crippen LogP contribution in [0.2, 0.25) is 0 Å². The van der Waals surface area contributed by atoms with Gasteiger partial charge < -0.3 is 24.6 Å². The third-order valence-electron chi connectivity index (χ3n) is 6.81. The second kappa shape index (κ2) is 11.8. The van der Waals surface area contributed by atoms with Crippen LogP contribution in [-0.4, -0.2) is 78.0 Å². The Labute approximate surface area is 224 Å². The number of hydrogen-bond donors (Lipinski definition) is 2. The number of nitrogens with one attached hydrogen (secondary N) is 1. The molecule has 0 saturated carbocycles. The second-order valence-electron chi connectivity index (χ2n) is 9.42. The standard InChI is InChI=1S/C27H30FN5O6/c1-37-25-8-6-21-26(31-25)19(20(28)13-29-21)14-32(10-3-11-34)9-2-4-18-15-39-27(36)33(18)17-5-7-23-22(12-17)30-24(35)16-38-23/h5-8,12-13,18,34H,2-4,9-11,14-16H2,1H3,(H,30,35)/t18-/m0/s1. The van der Waals surface area contributed by atoms with Gasteiger partial charge >= 0.3 is 6.09 Å². The summed E-state index contributed by atoms with van der Waals surface area (Å²) in [5.41, 5.74) is 2.53. The molecule has 12 heteroatoms. The predicted molar refractivity (Wildman–Crippen MR) is 140 cm³/mol. The number of amides is 2. The van der Waals surface area contributed by atoms with Crippen LogP contribution in [0.4, 0.5) is 20.6 Å². The number of aliphatic hydroxyl groups is 1. The molecular formula is C27H30FN5O6. The number of aromatic nitrogens is 2. The quantitative estimate of drug-likeness (QED) is 0.378. The number of carbonyl (C=O) groups is 2. The molecule has 0 radical (unpaired) electrons. The van der Waals surface area contributed by atoms with E-state index in [1.165, 1.54) is 13.3 Å². The number of benzene rings is 1. The van der Waals surface area contributed by atoms with E-state index in [0.717, 1.165) is 0 Å². The molecule has 0 bridgehead atoms. The van der Waals surface area contributed by atoms with Gasteiger partial charge in [-0.15, -0.1) is 0 Å². The van der Waals surface area contributed by atoms with Gasteiger partial charge in [0.05, 0.1) is 30.6 Å². The van der Waals surface area contributed by atoms with Crippen molar-refractivity contribution < 1.29 is 33.3 Å². The molecule has 0 spiro atoms. The first kappa shape index (κ1) is 26.6. The van der Waals surface area contributed by atoms with Crippen molar-refractivity contribution >= 4 is 34.4 Å². The maximum Gasteiger partial charge on any atom is 0.414 e. The maximum atomic E-state index is 14.9. The molecule has 2 N–H and O–H groups in total. The summed E-state index contributed by atoms with van der Waals surface area (Å²) in [6, 6.07) is 8.41. The lowest BCUT2D eigenvalue weighted by Gasteiger charge is -2.26. The van der Waals surface area contributed by atoms with Crippen molar-refractivity contribution in [1.82, 2.24) is 14.9 Å². The van der Waals surface area contributed by atoms with E-state index in [1.807, 2.05) is 0 Å². The third kappa shape index (κ3) is 5.86. The lowest BCUT2D eigenvalue weighted by Crippen LogP contribution is -2.35. The third-order valence-corrected chi connectivity index (χ3v) is 6.81. The van der Waals surface area contributed by atoms with Gasteiger partial charge in [-0.05, 0) is 50.1 Å². The zero-order valence-electron chi connectivity index (χ0n) is 21.6. The van der Waals surface area contributed by atoms with E-state index in [4.69, 9.17) is 14.2 Å². The van der Waals surface area contributed by atoms with E-state index in [1.54, 1.807) is 35.2 Å². The van der Waals surface area contributed by atoms with Crippen molar-refractivity contribution in [2.45, 2.75) is 31.8 Å². The summed E-state index contributed by atoms with van der Waals surface area (Å²) in [5, 5.41) is 12.2. The summed E-state index contributed by atoms with van der Waals surface area (Å²) < 4.78 is 30.9. The molecule has 1 fully saturated rings. The number of cyclic esters (lactones) is 1. The van der Waals surface area contributed by atoms with Crippen molar-refractivity contribution in [3.8, 4) is 11.6 Å². The smallest absolute Gasteiger partial charge is 0.414 e. The van der Waals surface area contributed by atoms with E-state index in [0.29, 0.717) is 72.0 Å². The Morgan fingerprint density at radius 2 is 2.05 bits per heavy atom. The summed E-state index contributed by atoms with van der Waals surface area (Å²) in [6.07, 6.45) is 2.59. The van der Waals surface area contributed by atoms with E-state index in [2.05, 4.69) is 20.2 Å². The predicted octanol–water partition coefficient (Wildman–Crippen LogP) is 3.10. The maximum absolute atomic E-state index is 14.9. The molecule has 0 aliphatic carbocycles. The lowest BCUT2D eigenvalue weighted by atomic mass is 10.1. The average Bonchev–Trinajstić information content (AvgIpc) is 3.31. The number of hydrogen-bond acceptors (Lipinski definition) is 9.